The van der Waals surface area contributed by atoms with Gasteiger partial charge in [-0.05, 0) is 32.8 Å². The van der Waals surface area contributed by atoms with E-state index in [0.717, 1.165) is 10.6 Å². The highest BCUT2D eigenvalue weighted by Crippen LogP contribution is 2.13. The van der Waals surface area contributed by atoms with Crippen molar-refractivity contribution in [2.24, 2.45) is 0 Å². The van der Waals surface area contributed by atoms with Gasteiger partial charge < -0.3 is 14.4 Å². The summed E-state index contributed by atoms with van der Waals surface area (Å²) in [5, 5.41) is 2.33. The lowest BCUT2D eigenvalue weighted by molar-refractivity contribution is -0.870. The molecule has 0 atom stereocenters. The summed E-state index contributed by atoms with van der Waals surface area (Å²) in [7, 11) is 2.55. The molecule has 0 aliphatic carbocycles. The maximum atomic E-state index is 10.8. The van der Waals surface area contributed by atoms with Crippen LogP contribution in [0.25, 0.3) is 0 Å². The van der Waals surface area contributed by atoms with Gasteiger partial charge in [0, 0.05) is 5.54 Å². The minimum absolute atomic E-state index is 0.506. The standard InChI is InChI=1S/C19H42N.C7H13NO4S/c1-5-6-7-8-9-10-11-12-13-14-15-16-17-18-19-20(2,3)4;1-4-6(9)8-7(2,3)5-13(10,11)12/h5-19H2,1-4H3;4H,1,5H2,2-3H3,(H,8,9)(H,10,11,12)/q+1;/p-1. The number of quaternary nitrogens is 1. The van der Waals surface area contributed by atoms with Crippen molar-refractivity contribution in [1.82, 2.24) is 5.32 Å². The second-order valence-corrected chi connectivity index (χ2v) is 12.3. The van der Waals surface area contributed by atoms with Gasteiger partial charge in [0.15, 0.2) is 0 Å². The first-order valence-corrected chi connectivity index (χ1v) is 14.5. The number of rotatable bonds is 19. The number of hydrogen-bond acceptors (Lipinski definition) is 4. The van der Waals surface area contributed by atoms with Crippen LogP contribution in [0.3, 0.4) is 0 Å². The molecule has 7 heteroatoms. The summed E-state index contributed by atoms with van der Waals surface area (Å²) < 4.78 is 32.3. The third kappa shape index (κ3) is 31.1. The summed E-state index contributed by atoms with van der Waals surface area (Å²) in [6.45, 7) is 9.72. The van der Waals surface area contributed by atoms with Crippen LogP contribution in [-0.2, 0) is 14.9 Å². The highest BCUT2D eigenvalue weighted by Gasteiger charge is 2.22. The summed E-state index contributed by atoms with van der Waals surface area (Å²) in [5.41, 5.74) is -1.06. The normalized spacial score (nSPS) is 12.1. The first-order chi connectivity index (χ1) is 15.2. The van der Waals surface area contributed by atoms with Crippen molar-refractivity contribution in [1.29, 1.82) is 0 Å². The van der Waals surface area contributed by atoms with Crippen LogP contribution in [0.5, 0.6) is 0 Å². The fourth-order valence-corrected chi connectivity index (χ4v) is 4.60. The Hall–Kier alpha value is -0.920. The van der Waals surface area contributed by atoms with E-state index < -0.39 is 27.3 Å². The number of nitrogens with one attached hydrogen (secondary N) is 1. The van der Waals surface area contributed by atoms with Gasteiger partial charge in [0.25, 0.3) is 0 Å². The molecule has 0 heterocycles. The van der Waals surface area contributed by atoms with E-state index in [2.05, 4.69) is 40.0 Å². The molecule has 0 aliphatic heterocycles. The van der Waals surface area contributed by atoms with Crippen LogP contribution in [0.15, 0.2) is 12.7 Å². The third-order valence-electron chi connectivity index (χ3n) is 5.37. The lowest BCUT2D eigenvalue weighted by Gasteiger charge is -2.26. The van der Waals surface area contributed by atoms with Gasteiger partial charge in [-0.15, -0.1) is 0 Å². The van der Waals surface area contributed by atoms with Crippen LogP contribution < -0.4 is 5.32 Å². The van der Waals surface area contributed by atoms with Crippen molar-refractivity contribution in [3.8, 4) is 0 Å². The molecular formula is C26H54N2O4S. The van der Waals surface area contributed by atoms with Crippen molar-refractivity contribution in [3.63, 3.8) is 0 Å². The van der Waals surface area contributed by atoms with Crippen molar-refractivity contribution in [3.05, 3.63) is 12.7 Å². The largest absolute Gasteiger partial charge is 0.748 e. The number of carbonyl (C=O) groups is 1. The monoisotopic (exact) mass is 490 g/mol. The fraction of sp³-hybridized carbons (Fsp3) is 0.885. The Morgan fingerprint density at radius 1 is 0.848 bits per heavy atom. The minimum Gasteiger partial charge on any atom is -0.748 e. The highest BCUT2D eigenvalue weighted by molar-refractivity contribution is 7.85. The van der Waals surface area contributed by atoms with E-state index in [9.17, 15) is 17.8 Å². The molecule has 0 fully saturated rings. The topological polar surface area (TPSA) is 86.3 Å². The van der Waals surface area contributed by atoms with Gasteiger partial charge in [-0.2, -0.15) is 0 Å². The van der Waals surface area contributed by atoms with Crippen LogP contribution in [0, 0.1) is 0 Å². The molecule has 6 nitrogen and oxygen atoms in total. The quantitative estimate of drug-likeness (QED) is 0.107. The molecule has 0 saturated heterocycles. The first-order valence-electron chi connectivity index (χ1n) is 12.9. The fourth-order valence-electron chi connectivity index (χ4n) is 3.64. The Balaban J connectivity index is 0. The first kappa shape index (κ1) is 34.2. The van der Waals surface area contributed by atoms with E-state index in [1.54, 1.807) is 0 Å². The Morgan fingerprint density at radius 3 is 1.52 bits per heavy atom. The second-order valence-electron chi connectivity index (χ2n) is 10.9. The number of amides is 1. The molecule has 0 unspecified atom stereocenters. The van der Waals surface area contributed by atoms with E-state index in [0.29, 0.717) is 0 Å². The number of carbonyl (C=O) groups excluding carboxylic acids is 1. The molecule has 0 aromatic heterocycles. The zero-order chi connectivity index (χ0) is 25.8. The molecule has 198 valence electrons. The lowest BCUT2D eigenvalue weighted by Crippen LogP contribution is -2.47. The number of hydrogen-bond donors (Lipinski definition) is 1. The highest BCUT2D eigenvalue weighted by atomic mass is 32.2. The lowest BCUT2D eigenvalue weighted by atomic mass is 10.0. The molecule has 0 aliphatic rings. The van der Waals surface area contributed by atoms with Gasteiger partial charge in [-0.25, -0.2) is 8.42 Å². The Morgan fingerprint density at radius 2 is 1.21 bits per heavy atom. The SMILES string of the molecule is C=CC(=O)NC(C)(C)CS(=O)(=O)[O-].CCCCCCCCCCCCCCCC[N+](C)(C)C. The molecule has 1 N–H and O–H groups in total. The molecule has 0 radical (unpaired) electrons. The molecule has 0 rings (SSSR count). The third-order valence-corrected chi connectivity index (χ3v) is 6.44. The Bertz CT molecular complexity index is 596. The number of nitrogens with zero attached hydrogens (tertiary/aromatic N) is 1. The molecular weight excluding hydrogens is 436 g/mol. The van der Waals surface area contributed by atoms with E-state index in [4.69, 9.17) is 0 Å². The smallest absolute Gasteiger partial charge is 0.243 e. The summed E-state index contributed by atoms with van der Waals surface area (Å²) in [4.78, 5) is 10.8. The minimum atomic E-state index is -4.33. The van der Waals surface area contributed by atoms with Crippen molar-refractivity contribution in [2.75, 3.05) is 33.4 Å². The van der Waals surface area contributed by atoms with Crippen molar-refractivity contribution < 1.29 is 22.2 Å². The summed E-state index contributed by atoms with van der Waals surface area (Å²) >= 11 is 0. The average molecular weight is 491 g/mol. The molecule has 0 spiro atoms. The summed E-state index contributed by atoms with van der Waals surface area (Å²) in [6, 6.07) is 0. The average Bonchev–Trinajstić information content (AvgIpc) is 2.65. The molecule has 1 amide bonds. The Kier molecular flexibility index (Phi) is 20.1. The Labute approximate surface area is 205 Å². The van der Waals surface area contributed by atoms with Crippen molar-refractivity contribution >= 4 is 16.0 Å². The van der Waals surface area contributed by atoms with Gasteiger partial charge in [0.05, 0.1) is 43.6 Å². The van der Waals surface area contributed by atoms with Crippen LogP contribution >= 0.6 is 0 Å². The maximum absolute atomic E-state index is 10.8. The zero-order valence-corrected chi connectivity index (χ0v) is 23.4. The van der Waals surface area contributed by atoms with Crippen LogP contribution in [0.2, 0.25) is 0 Å². The second kappa shape index (κ2) is 19.4. The van der Waals surface area contributed by atoms with Gasteiger partial charge in [0.1, 0.15) is 0 Å². The molecule has 0 bridgehead atoms. The molecule has 0 aromatic rings. The van der Waals surface area contributed by atoms with Crippen LogP contribution in [0.1, 0.15) is 111 Å². The summed E-state index contributed by atoms with van der Waals surface area (Å²) in [6.07, 6.45) is 21.4. The van der Waals surface area contributed by atoms with Gasteiger partial charge >= 0.3 is 0 Å². The zero-order valence-electron chi connectivity index (χ0n) is 22.6. The molecule has 0 saturated carbocycles. The van der Waals surface area contributed by atoms with Gasteiger partial charge in [-0.3, -0.25) is 4.79 Å². The van der Waals surface area contributed by atoms with Crippen LogP contribution in [0.4, 0.5) is 0 Å². The van der Waals surface area contributed by atoms with Crippen LogP contribution in [-0.4, -0.2) is 62.3 Å². The summed E-state index contributed by atoms with van der Waals surface area (Å²) in [5.74, 6) is -1.15. The maximum Gasteiger partial charge on any atom is 0.243 e. The van der Waals surface area contributed by atoms with E-state index in [1.165, 1.54) is 110 Å². The van der Waals surface area contributed by atoms with Gasteiger partial charge in [0.2, 0.25) is 5.91 Å². The van der Waals surface area contributed by atoms with Gasteiger partial charge in [-0.1, -0.05) is 90.6 Å². The molecule has 0 aromatic carbocycles. The number of unbranched alkanes of at least 4 members (excludes halogenated alkanes) is 13. The van der Waals surface area contributed by atoms with Crippen molar-refractivity contribution in [2.45, 2.75) is 116 Å². The van der Waals surface area contributed by atoms with E-state index >= 15 is 0 Å². The molecule has 33 heavy (non-hydrogen) atoms. The predicted molar refractivity (Wildman–Crippen MR) is 140 cm³/mol. The van der Waals surface area contributed by atoms with E-state index in [-0.39, 0.29) is 0 Å². The predicted octanol–water partition coefficient (Wildman–Crippen LogP) is 5.79. The van der Waals surface area contributed by atoms with E-state index in [1.807, 2.05) is 0 Å².